The topological polar surface area (TPSA) is 62.0 Å². The van der Waals surface area contributed by atoms with Crippen LogP contribution in [0.2, 0.25) is 0 Å². The molecule has 1 unspecified atom stereocenters. The van der Waals surface area contributed by atoms with Crippen molar-refractivity contribution < 1.29 is 26.7 Å². The van der Waals surface area contributed by atoms with Crippen LogP contribution < -0.4 is 0 Å². The molecule has 1 aliphatic rings. The minimum absolute atomic E-state index is 0.0122. The van der Waals surface area contributed by atoms with Gasteiger partial charge in [0.2, 0.25) is 6.43 Å². The average Bonchev–Trinajstić information content (AvgIpc) is 3.41. The first-order valence-electron chi connectivity index (χ1n) is 14.3. The summed E-state index contributed by atoms with van der Waals surface area (Å²) in [5.41, 5.74) is 2.63. The number of carbonyl (C=O) groups excluding carboxylic acids is 1. The number of likely N-dealkylation sites (tertiary alicyclic amines) is 1. The number of aryl methyl sites for hydroxylation is 1. The van der Waals surface area contributed by atoms with Crippen molar-refractivity contribution in [2.24, 2.45) is 0 Å². The van der Waals surface area contributed by atoms with E-state index in [0.717, 1.165) is 11.0 Å². The van der Waals surface area contributed by atoms with Crippen molar-refractivity contribution in [2.75, 3.05) is 13.1 Å². The molecular formula is C34H33F5N4O. The maximum Gasteiger partial charge on any atom is 0.256 e. The summed E-state index contributed by atoms with van der Waals surface area (Å²) in [6.07, 6.45) is 2.06. The SMILES string of the molecule is C#CCC(F)F.CCC(F)n1c(C2CCN(C(=O)c3cc(C)c(C(=N)c4cccc(F)c4)cc3F)CC2)nc2ccccc21. The normalized spacial score (nSPS) is 14.2. The predicted octanol–water partition coefficient (Wildman–Crippen LogP) is 8.21. The molecule has 0 radical (unpaired) electrons. The predicted molar refractivity (Wildman–Crippen MR) is 161 cm³/mol. The molecule has 1 atom stereocenters. The molecule has 2 heterocycles. The van der Waals surface area contributed by atoms with Crippen LogP contribution in [-0.4, -0.2) is 45.6 Å². The lowest BCUT2D eigenvalue weighted by molar-refractivity contribution is 0.0703. The van der Waals surface area contributed by atoms with Gasteiger partial charge >= 0.3 is 0 Å². The van der Waals surface area contributed by atoms with Gasteiger partial charge in [0.15, 0.2) is 6.30 Å². The van der Waals surface area contributed by atoms with Crippen LogP contribution in [0, 0.1) is 36.3 Å². The number of carbonyl (C=O) groups is 1. The van der Waals surface area contributed by atoms with E-state index in [2.05, 4.69) is 6.42 Å². The molecule has 44 heavy (non-hydrogen) atoms. The first-order chi connectivity index (χ1) is 21.0. The van der Waals surface area contributed by atoms with Gasteiger partial charge in [-0.05, 0) is 68.1 Å². The molecule has 1 N–H and O–H groups in total. The number of aromatic nitrogens is 2. The van der Waals surface area contributed by atoms with Gasteiger partial charge in [-0.15, -0.1) is 12.3 Å². The monoisotopic (exact) mass is 608 g/mol. The van der Waals surface area contributed by atoms with E-state index in [1.54, 1.807) is 29.4 Å². The number of alkyl halides is 3. The zero-order valence-corrected chi connectivity index (χ0v) is 24.5. The van der Waals surface area contributed by atoms with Gasteiger partial charge in [0.05, 0.1) is 28.7 Å². The fourth-order valence-electron chi connectivity index (χ4n) is 5.34. The molecule has 0 saturated carbocycles. The third kappa shape index (κ3) is 7.16. The van der Waals surface area contributed by atoms with Gasteiger partial charge in [0.25, 0.3) is 5.91 Å². The Morgan fingerprint density at radius 2 is 1.75 bits per heavy atom. The Bertz CT molecular complexity index is 1680. The first-order valence-corrected chi connectivity index (χ1v) is 14.3. The molecule has 1 amide bonds. The van der Waals surface area contributed by atoms with Crippen LogP contribution in [-0.2, 0) is 0 Å². The summed E-state index contributed by atoms with van der Waals surface area (Å²) in [5.74, 6) is 0.874. The number of fused-ring (bicyclic) bond motifs is 1. The lowest BCUT2D eigenvalue weighted by atomic mass is 9.93. The quantitative estimate of drug-likeness (QED) is 0.131. The van der Waals surface area contributed by atoms with E-state index in [-0.39, 0.29) is 17.2 Å². The Morgan fingerprint density at radius 1 is 1.05 bits per heavy atom. The minimum atomic E-state index is -2.34. The molecule has 10 heteroatoms. The summed E-state index contributed by atoms with van der Waals surface area (Å²) in [6.45, 7) is 4.30. The van der Waals surface area contributed by atoms with E-state index in [4.69, 9.17) is 10.4 Å². The van der Waals surface area contributed by atoms with Crippen molar-refractivity contribution >= 4 is 22.7 Å². The van der Waals surface area contributed by atoms with E-state index in [0.29, 0.717) is 54.9 Å². The largest absolute Gasteiger partial charge is 0.339 e. The molecule has 0 spiro atoms. The average molecular weight is 609 g/mol. The van der Waals surface area contributed by atoms with Crippen molar-refractivity contribution in [1.29, 1.82) is 5.41 Å². The highest BCUT2D eigenvalue weighted by Gasteiger charge is 2.31. The number of amides is 1. The van der Waals surface area contributed by atoms with E-state index in [1.807, 2.05) is 30.2 Å². The Kier molecular flexibility index (Phi) is 10.5. The van der Waals surface area contributed by atoms with E-state index in [1.165, 1.54) is 30.3 Å². The Morgan fingerprint density at radius 3 is 2.36 bits per heavy atom. The second kappa shape index (κ2) is 14.3. The van der Waals surface area contributed by atoms with Crippen LogP contribution in [0.15, 0.2) is 60.7 Å². The van der Waals surface area contributed by atoms with E-state index < -0.39 is 36.7 Å². The summed E-state index contributed by atoms with van der Waals surface area (Å²) < 4.78 is 67.2. The van der Waals surface area contributed by atoms with Crippen LogP contribution in [0.3, 0.4) is 0 Å². The molecule has 0 bridgehead atoms. The number of rotatable bonds is 7. The molecule has 3 aromatic carbocycles. The number of hydrogen-bond acceptors (Lipinski definition) is 3. The third-order valence-corrected chi connectivity index (χ3v) is 7.59. The first kappa shape index (κ1) is 32.4. The number of para-hydroxylation sites is 2. The highest BCUT2D eigenvalue weighted by atomic mass is 19.3. The fraction of sp³-hybridized carbons (Fsp3) is 0.324. The Labute approximate surface area is 253 Å². The van der Waals surface area contributed by atoms with Gasteiger partial charge in [0, 0.05) is 30.1 Å². The molecule has 230 valence electrons. The zero-order valence-electron chi connectivity index (χ0n) is 24.5. The number of hydrogen-bond donors (Lipinski definition) is 1. The molecule has 1 aliphatic heterocycles. The van der Waals surface area contributed by atoms with Crippen molar-refractivity contribution in [1.82, 2.24) is 14.5 Å². The van der Waals surface area contributed by atoms with Crippen LogP contribution in [0.25, 0.3) is 11.0 Å². The van der Waals surface area contributed by atoms with Gasteiger partial charge in [-0.3, -0.25) is 14.8 Å². The number of piperidine rings is 1. The summed E-state index contributed by atoms with van der Waals surface area (Å²) in [7, 11) is 0. The summed E-state index contributed by atoms with van der Waals surface area (Å²) in [6, 6.07) is 15.7. The smallest absolute Gasteiger partial charge is 0.256 e. The summed E-state index contributed by atoms with van der Waals surface area (Å²) >= 11 is 0. The molecule has 5 rings (SSSR count). The van der Waals surface area contributed by atoms with Crippen molar-refractivity contribution in [3.05, 3.63) is 100 Å². The lowest BCUT2D eigenvalue weighted by Crippen LogP contribution is -2.39. The Balaban J connectivity index is 0.000000670. The molecule has 1 aromatic heterocycles. The molecule has 1 fully saturated rings. The summed E-state index contributed by atoms with van der Waals surface area (Å²) in [4.78, 5) is 19.6. The molecule has 1 saturated heterocycles. The van der Waals surface area contributed by atoms with Crippen LogP contribution in [0.5, 0.6) is 0 Å². The molecule has 0 aliphatic carbocycles. The molecule has 4 aromatic rings. The number of benzene rings is 3. The lowest BCUT2D eigenvalue weighted by Gasteiger charge is -2.32. The minimum Gasteiger partial charge on any atom is -0.339 e. The van der Waals surface area contributed by atoms with Crippen molar-refractivity contribution in [2.45, 2.75) is 58.2 Å². The number of imidazole rings is 1. The maximum atomic E-state index is 15.2. The number of nitrogens with one attached hydrogen (secondary N) is 1. The fourth-order valence-corrected chi connectivity index (χ4v) is 5.34. The van der Waals surface area contributed by atoms with Gasteiger partial charge in [0.1, 0.15) is 17.5 Å². The van der Waals surface area contributed by atoms with Gasteiger partial charge in [-0.25, -0.2) is 26.9 Å². The second-order valence-corrected chi connectivity index (χ2v) is 10.6. The number of halogens is 5. The number of terminal acetylenes is 1. The van der Waals surface area contributed by atoms with E-state index >= 15 is 4.39 Å². The van der Waals surface area contributed by atoms with Crippen molar-refractivity contribution in [3.63, 3.8) is 0 Å². The highest BCUT2D eigenvalue weighted by molar-refractivity contribution is 6.12. The molecule has 5 nitrogen and oxygen atoms in total. The van der Waals surface area contributed by atoms with Crippen LogP contribution in [0.4, 0.5) is 22.0 Å². The summed E-state index contributed by atoms with van der Waals surface area (Å²) in [5, 5.41) is 8.42. The zero-order chi connectivity index (χ0) is 32.0. The van der Waals surface area contributed by atoms with Crippen LogP contribution >= 0.6 is 0 Å². The number of nitrogens with zero attached hydrogens (tertiary/aromatic N) is 3. The van der Waals surface area contributed by atoms with Crippen LogP contribution in [0.1, 0.15) is 77.7 Å². The van der Waals surface area contributed by atoms with Gasteiger partial charge < -0.3 is 4.90 Å². The second-order valence-electron chi connectivity index (χ2n) is 10.6. The van der Waals surface area contributed by atoms with E-state index in [9.17, 15) is 22.4 Å². The maximum absolute atomic E-state index is 15.2. The third-order valence-electron chi connectivity index (χ3n) is 7.59. The highest BCUT2D eigenvalue weighted by Crippen LogP contribution is 2.34. The van der Waals surface area contributed by atoms with Gasteiger partial charge in [-0.2, -0.15) is 0 Å². The standard InChI is InChI=1S/C30H29F3N4O.C4H4F2/c1-3-27(33)37-26-10-5-4-9-25(26)35-29(37)19-11-13-36(14-12-19)30(38)23-15-18(2)22(17-24(23)32)28(34)20-7-6-8-21(31)16-20;1-2-3-4(5)6/h4-10,15-17,19,27,34H,3,11-14H2,1-2H3;1,4H,3H2. The van der Waals surface area contributed by atoms with Gasteiger partial charge in [-0.1, -0.05) is 31.2 Å². The van der Waals surface area contributed by atoms with Crippen molar-refractivity contribution in [3.8, 4) is 12.3 Å². The Hall–Kier alpha value is -4.52. The molecular weight excluding hydrogens is 575 g/mol.